The normalized spacial score (nSPS) is 34.5. The highest BCUT2D eigenvalue weighted by molar-refractivity contribution is 14.0. The molecule has 0 bridgehead atoms. The van der Waals surface area contributed by atoms with Crippen LogP contribution in [0, 0.1) is 11.8 Å². The molecule has 2 atom stereocenters. The number of halogens is 1. The predicted octanol–water partition coefficient (Wildman–Crippen LogP) is 1.05. The van der Waals surface area contributed by atoms with Gasteiger partial charge in [0.25, 0.3) is 0 Å². The second kappa shape index (κ2) is 5.08. The van der Waals surface area contributed by atoms with Crippen LogP contribution in [0.25, 0.3) is 0 Å². The molecular weight excluding hydrogens is 317 g/mol. The minimum atomic E-state index is 0. The molecule has 2 saturated carbocycles. The number of aliphatic imine (C=N–C) groups is 1. The predicted molar refractivity (Wildman–Crippen MR) is 74.0 cm³/mol. The Morgan fingerprint density at radius 3 is 2.56 bits per heavy atom. The molecule has 0 aromatic heterocycles. The molecule has 2 N–H and O–H groups in total. The number of ether oxygens (including phenoxy) is 1. The molecule has 1 saturated heterocycles. The molecule has 4 nitrogen and oxygen atoms in total. The van der Waals surface area contributed by atoms with Gasteiger partial charge in [0.1, 0.15) is 0 Å². The Hall–Kier alpha value is -0.0400. The molecule has 1 aliphatic heterocycles. The molecule has 3 rings (SSSR count). The fraction of sp³-hybridized carbons (Fsp3) is 0.909. The molecule has 0 aromatic rings. The van der Waals surface area contributed by atoms with E-state index in [-0.39, 0.29) is 24.0 Å². The molecule has 0 unspecified atom stereocenters. The Labute approximate surface area is 114 Å². The summed E-state index contributed by atoms with van der Waals surface area (Å²) in [5, 5.41) is 0. The average molecular weight is 337 g/mol. The van der Waals surface area contributed by atoms with Crippen molar-refractivity contribution in [3.63, 3.8) is 0 Å². The van der Waals surface area contributed by atoms with Crippen molar-refractivity contribution in [2.45, 2.75) is 25.3 Å². The first kappa shape index (κ1) is 12.4. The van der Waals surface area contributed by atoms with E-state index in [1.165, 1.54) is 19.3 Å². The summed E-state index contributed by atoms with van der Waals surface area (Å²) in [4.78, 5) is 6.76. The van der Waals surface area contributed by atoms with Gasteiger partial charge in [0, 0.05) is 13.1 Å². The molecule has 1 heterocycles. The number of nitrogens with two attached hydrogens (primary N) is 1. The van der Waals surface area contributed by atoms with Gasteiger partial charge in [0.2, 0.25) is 0 Å². The number of rotatable bonds is 2. The van der Waals surface area contributed by atoms with Gasteiger partial charge in [-0.1, -0.05) is 0 Å². The lowest BCUT2D eigenvalue weighted by atomic mass is 10.3. The fourth-order valence-corrected chi connectivity index (χ4v) is 2.42. The van der Waals surface area contributed by atoms with E-state index in [1.807, 2.05) is 0 Å². The SMILES string of the molecule is I.NC(=N[C@@H]1C[C@H]1C1CC1)N1CCOCC1. The summed E-state index contributed by atoms with van der Waals surface area (Å²) >= 11 is 0. The van der Waals surface area contributed by atoms with E-state index in [1.54, 1.807) is 0 Å². The first-order valence-corrected chi connectivity index (χ1v) is 6.00. The number of guanidine groups is 1. The van der Waals surface area contributed by atoms with Crippen LogP contribution in [0.1, 0.15) is 19.3 Å². The van der Waals surface area contributed by atoms with Crippen LogP contribution in [0.2, 0.25) is 0 Å². The van der Waals surface area contributed by atoms with E-state index < -0.39 is 0 Å². The summed E-state index contributed by atoms with van der Waals surface area (Å²) in [6, 6.07) is 0.542. The number of morpholine rings is 1. The lowest BCUT2D eigenvalue weighted by Crippen LogP contribution is -2.45. The van der Waals surface area contributed by atoms with Crippen LogP contribution in [-0.4, -0.2) is 43.2 Å². The van der Waals surface area contributed by atoms with Gasteiger partial charge in [-0.3, -0.25) is 0 Å². The Morgan fingerprint density at radius 1 is 1.25 bits per heavy atom. The highest BCUT2D eigenvalue weighted by Gasteiger charge is 2.47. The minimum absolute atomic E-state index is 0. The van der Waals surface area contributed by atoms with Crippen LogP contribution >= 0.6 is 24.0 Å². The van der Waals surface area contributed by atoms with Gasteiger partial charge < -0.3 is 15.4 Å². The van der Waals surface area contributed by atoms with E-state index in [4.69, 9.17) is 10.5 Å². The maximum Gasteiger partial charge on any atom is 0.191 e. The molecule has 16 heavy (non-hydrogen) atoms. The van der Waals surface area contributed by atoms with Crippen molar-refractivity contribution >= 4 is 29.9 Å². The molecular formula is C11H20IN3O. The summed E-state index contributed by atoms with van der Waals surface area (Å²) in [6.45, 7) is 3.37. The zero-order chi connectivity index (χ0) is 10.3. The molecule has 0 aromatic carbocycles. The monoisotopic (exact) mass is 337 g/mol. The second-order valence-corrected chi connectivity index (χ2v) is 4.89. The lowest BCUT2D eigenvalue weighted by molar-refractivity contribution is 0.0674. The van der Waals surface area contributed by atoms with Crippen molar-refractivity contribution in [1.29, 1.82) is 0 Å². The fourth-order valence-electron chi connectivity index (χ4n) is 2.42. The van der Waals surface area contributed by atoms with Gasteiger partial charge in [-0.25, -0.2) is 4.99 Å². The zero-order valence-electron chi connectivity index (χ0n) is 9.47. The largest absolute Gasteiger partial charge is 0.378 e. The van der Waals surface area contributed by atoms with Crippen molar-refractivity contribution in [3.05, 3.63) is 0 Å². The number of hydrogen-bond donors (Lipinski definition) is 1. The molecule has 3 fully saturated rings. The smallest absolute Gasteiger partial charge is 0.191 e. The second-order valence-electron chi connectivity index (χ2n) is 4.89. The van der Waals surface area contributed by atoms with Gasteiger partial charge in [-0.05, 0) is 31.1 Å². The first-order valence-electron chi connectivity index (χ1n) is 6.00. The first-order chi connectivity index (χ1) is 7.34. The van der Waals surface area contributed by atoms with Crippen LogP contribution < -0.4 is 5.73 Å². The lowest BCUT2D eigenvalue weighted by Gasteiger charge is -2.27. The Bertz CT molecular complexity index is 274. The molecule has 5 heteroatoms. The third-order valence-corrected chi connectivity index (χ3v) is 3.67. The van der Waals surface area contributed by atoms with Crippen molar-refractivity contribution in [2.75, 3.05) is 26.3 Å². The average Bonchev–Trinajstić information content (AvgIpc) is 3.12. The van der Waals surface area contributed by atoms with Crippen LogP contribution in [-0.2, 0) is 4.74 Å². The van der Waals surface area contributed by atoms with E-state index >= 15 is 0 Å². The topological polar surface area (TPSA) is 50.8 Å². The van der Waals surface area contributed by atoms with Gasteiger partial charge in [-0.2, -0.15) is 0 Å². The van der Waals surface area contributed by atoms with Gasteiger partial charge in [0.05, 0.1) is 19.3 Å². The Balaban J connectivity index is 0.000000963. The molecule has 3 aliphatic rings. The zero-order valence-corrected chi connectivity index (χ0v) is 11.8. The van der Waals surface area contributed by atoms with Crippen molar-refractivity contribution in [1.82, 2.24) is 4.90 Å². The molecule has 0 amide bonds. The summed E-state index contributed by atoms with van der Waals surface area (Å²) in [5.74, 6) is 2.59. The summed E-state index contributed by atoms with van der Waals surface area (Å²) in [6.07, 6.45) is 4.12. The number of hydrogen-bond acceptors (Lipinski definition) is 2. The maximum absolute atomic E-state index is 5.99. The summed E-state index contributed by atoms with van der Waals surface area (Å²) < 4.78 is 5.29. The van der Waals surface area contributed by atoms with Crippen LogP contribution in [0.4, 0.5) is 0 Å². The minimum Gasteiger partial charge on any atom is -0.378 e. The van der Waals surface area contributed by atoms with Crippen LogP contribution in [0.5, 0.6) is 0 Å². The standard InChI is InChI=1S/C11H19N3O.HI/c12-11(14-3-5-15-6-4-14)13-10-7-9(10)8-1-2-8;/h8-10H,1-7H2,(H2,12,13);1H/t9-,10+;/m0./s1. The Kier molecular flexibility index (Phi) is 3.94. The van der Waals surface area contributed by atoms with Gasteiger partial charge in [0.15, 0.2) is 5.96 Å². The quantitative estimate of drug-likeness (QED) is 0.466. The van der Waals surface area contributed by atoms with Crippen molar-refractivity contribution in [3.8, 4) is 0 Å². The van der Waals surface area contributed by atoms with E-state index in [0.717, 1.165) is 44.1 Å². The highest BCUT2D eigenvalue weighted by Crippen LogP contribution is 2.51. The molecule has 0 spiro atoms. The molecule has 2 aliphatic carbocycles. The van der Waals surface area contributed by atoms with E-state index in [2.05, 4.69) is 9.89 Å². The molecule has 92 valence electrons. The summed E-state index contributed by atoms with van der Waals surface area (Å²) in [7, 11) is 0. The maximum atomic E-state index is 5.99. The van der Waals surface area contributed by atoms with Crippen LogP contribution in [0.3, 0.4) is 0 Å². The third-order valence-electron chi connectivity index (χ3n) is 3.67. The summed E-state index contributed by atoms with van der Waals surface area (Å²) in [5.41, 5.74) is 5.99. The van der Waals surface area contributed by atoms with Gasteiger partial charge >= 0.3 is 0 Å². The van der Waals surface area contributed by atoms with E-state index in [0.29, 0.717) is 6.04 Å². The Morgan fingerprint density at radius 2 is 1.94 bits per heavy atom. The van der Waals surface area contributed by atoms with Crippen LogP contribution in [0.15, 0.2) is 4.99 Å². The van der Waals surface area contributed by atoms with Gasteiger partial charge in [-0.15, -0.1) is 24.0 Å². The number of nitrogens with zero attached hydrogens (tertiary/aromatic N) is 2. The molecule has 0 radical (unpaired) electrons. The third kappa shape index (κ3) is 2.80. The van der Waals surface area contributed by atoms with Crippen molar-refractivity contribution < 1.29 is 4.74 Å². The highest BCUT2D eigenvalue weighted by atomic mass is 127. The van der Waals surface area contributed by atoms with E-state index in [9.17, 15) is 0 Å². The van der Waals surface area contributed by atoms with Crippen molar-refractivity contribution in [2.24, 2.45) is 22.6 Å².